The zero-order chi connectivity index (χ0) is 11.5. The van der Waals surface area contributed by atoms with Crippen LogP contribution in [0.15, 0.2) is 48.6 Å². The van der Waals surface area contributed by atoms with Crippen LogP contribution in [0.1, 0.15) is 33.6 Å². The van der Waals surface area contributed by atoms with Crippen LogP contribution in [-0.4, -0.2) is 0 Å². The Morgan fingerprint density at radius 1 is 1.60 bits per heavy atom. The Balaban J connectivity index is 2.79. The second-order valence-electron chi connectivity index (χ2n) is 5.03. The molecular weight excluding hydrogens is 180 g/mol. The first kappa shape index (κ1) is 12.0. The van der Waals surface area contributed by atoms with Gasteiger partial charge in [-0.15, -0.1) is 0 Å². The molecular formula is C15H22. The van der Waals surface area contributed by atoms with E-state index in [1.165, 1.54) is 11.1 Å². The Labute approximate surface area is 94.1 Å². The predicted molar refractivity (Wildman–Crippen MR) is 68.7 cm³/mol. The molecule has 1 aliphatic rings. The first-order chi connectivity index (χ1) is 6.97. The molecule has 0 aromatic carbocycles. The van der Waals surface area contributed by atoms with Gasteiger partial charge in [-0.25, -0.2) is 0 Å². The first-order valence-electron chi connectivity index (χ1n) is 5.62. The summed E-state index contributed by atoms with van der Waals surface area (Å²) < 4.78 is 0. The Bertz CT molecular complexity index is 313. The predicted octanol–water partition coefficient (Wildman–Crippen LogP) is 4.67. The van der Waals surface area contributed by atoms with E-state index in [9.17, 15) is 0 Å². The van der Waals surface area contributed by atoms with Crippen molar-refractivity contribution in [3.8, 4) is 0 Å². The Morgan fingerprint density at radius 2 is 2.27 bits per heavy atom. The van der Waals surface area contributed by atoms with Gasteiger partial charge >= 0.3 is 0 Å². The minimum Gasteiger partial charge on any atom is -0.0992 e. The average Bonchev–Trinajstić information content (AvgIpc) is 2.15. The van der Waals surface area contributed by atoms with Gasteiger partial charge in [-0.2, -0.15) is 0 Å². The van der Waals surface area contributed by atoms with Crippen LogP contribution in [0.2, 0.25) is 0 Å². The summed E-state index contributed by atoms with van der Waals surface area (Å²) in [6.45, 7) is 14.6. The van der Waals surface area contributed by atoms with Crippen LogP contribution in [-0.2, 0) is 0 Å². The van der Waals surface area contributed by atoms with Crippen molar-refractivity contribution in [1.82, 2.24) is 0 Å². The number of rotatable bonds is 3. The third-order valence-corrected chi connectivity index (χ3v) is 3.32. The molecule has 0 spiro atoms. The van der Waals surface area contributed by atoms with Crippen molar-refractivity contribution in [2.24, 2.45) is 11.3 Å². The molecule has 0 bridgehead atoms. The van der Waals surface area contributed by atoms with Crippen molar-refractivity contribution < 1.29 is 0 Å². The summed E-state index contributed by atoms with van der Waals surface area (Å²) in [4.78, 5) is 0. The lowest BCUT2D eigenvalue weighted by molar-refractivity contribution is 0.315. The van der Waals surface area contributed by atoms with Gasteiger partial charge in [0.1, 0.15) is 0 Å². The molecule has 1 atom stereocenters. The van der Waals surface area contributed by atoms with Gasteiger partial charge < -0.3 is 0 Å². The largest absolute Gasteiger partial charge is 0.0992 e. The van der Waals surface area contributed by atoms with E-state index in [-0.39, 0.29) is 5.41 Å². The summed E-state index contributed by atoms with van der Waals surface area (Å²) >= 11 is 0. The van der Waals surface area contributed by atoms with Crippen LogP contribution < -0.4 is 0 Å². The van der Waals surface area contributed by atoms with Gasteiger partial charge in [-0.3, -0.25) is 0 Å². The molecule has 0 N–H and O–H groups in total. The van der Waals surface area contributed by atoms with E-state index in [2.05, 4.69) is 52.2 Å². The molecule has 1 aliphatic carbocycles. The van der Waals surface area contributed by atoms with E-state index in [4.69, 9.17) is 0 Å². The maximum Gasteiger partial charge on any atom is -0.00821 e. The summed E-state index contributed by atoms with van der Waals surface area (Å²) in [5.41, 5.74) is 2.86. The van der Waals surface area contributed by atoms with E-state index < -0.39 is 0 Å². The zero-order valence-corrected chi connectivity index (χ0v) is 10.2. The highest BCUT2D eigenvalue weighted by atomic mass is 14.3. The maximum absolute atomic E-state index is 4.19. The van der Waals surface area contributed by atoms with Gasteiger partial charge in [0.05, 0.1) is 0 Å². The number of allylic oxidation sites excluding steroid dienone is 6. The van der Waals surface area contributed by atoms with E-state index in [0.717, 1.165) is 12.8 Å². The Kier molecular flexibility index (Phi) is 3.73. The van der Waals surface area contributed by atoms with Gasteiger partial charge in [-0.05, 0) is 31.1 Å². The van der Waals surface area contributed by atoms with Crippen molar-refractivity contribution in [1.29, 1.82) is 0 Å². The molecule has 0 aromatic heterocycles. The maximum atomic E-state index is 4.19. The highest BCUT2D eigenvalue weighted by Crippen LogP contribution is 2.41. The summed E-state index contributed by atoms with van der Waals surface area (Å²) in [6.07, 6.45) is 10.9. The van der Waals surface area contributed by atoms with Crippen LogP contribution in [0.25, 0.3) is 0 Å². The molecule has 0 fully saturated rings. The lowest BCUT2D eigenvalue weighted by atomic mass is 9.69. The molecule has 0 aromatic rings. The fraction of sp³-hybridized carbons (Fsp3) is 0.467. The van der Waals surface area contributed by atoms with Gasteiger partial charge in [0.25, 0.3) is 0 Å². The monoisotopic (exact) mass is 202 g/mol. The minimum absolute atomic E-state index is 0.243. The third-order valence-electron chi connectivity index (χ3n) is 3.32. The molecule has 0 saturated heterocycles. The summed E-state index contributed by atoms with van der Waals surface area (Å²) in [5.74, 6) is 0.567. The third kappa shape index (κ3) is 2.95. The average molecular weight is 202 g/mol. The molecule has 0 radical (unpaired) electrons. The quantitative estimate of drug-likeness (QED) is 0.461. The van der Waals surface area contributed by atoms with Crippen LogP contribution in [0, 0.1) is 11.3 Å². The van der Waals surface area contributed by atoms with E-state index in [1.54, 1.807) is 0 Å². The smallest absolute Gasteiger partial charge is 0.00821 e. The molecule has 0 saturated carbocycles. The fourth-order valence-corrected chi connectivity index (χ4v) is 2.16. The Morgan fingerprint density at radius 3 is 2.80 bits per heavy atom. The summed E-state index contributed by atoms with van der Waals surface area (Å²) in [5, 5.41) is 0. The first-order valence-corrected chi connectivity index (χ1v) is 5.62. The van der Waals surface area contributed by atoms with E-state index >= 15 is 0 Å². The normalized spacial score (nSPS) is 25.4. The van der Waals surface area contributed by atoms with Gasteiger partial charge in [0, 0.05) is 0 Å². The van der Waals surface area contributed by atoms with Crippen molar-refractivity contribution in [2.45, 2.75) is 33.6 Å². The molecule has 82 valence electrons. The van der Waals surface area contributed by atoms with Gasteiger partial charge in [0.15, 0.2) is 0 Å². The molecule has 1 unspecified atom stereocenters. The zero-order valence-electron chi connectivity index (χ0n) is 10.2. The lowest BCUT2D eigenvalue weighted by Crippen LogP contribution is -2.25. The number of hydrogen-bond donors (Lipinski definition) is 0. The van der Waals surface area contributed by atoms with E-state index in [0.29, 0.717) is 5.92 Å². The molecule has 0 amide bonds. The minimum atomic E-state index is 0.243. The molecule has 0 nitrogen and oxygen atoms in total. The molecule has 0 aliphatic heterocycles. The molecule has 15 heavy (non-hydrogen) atoms. The highest BCUT2D eigenvalue weighted by molar-refractivity contribution is 5.23. The van der Waals surface area contributed by atoms with E-state index in [1.807, 2.05) is 6.08 Å². The fourth-order valence-electron chi connectivity index (χ4n) is 2.16. The summed E-state index contributed by atoms with van der Waals surface area (Å²) in [7, 11) is 0. The summed E-state index contributed by atoms with van der Waals surface area (Å²) in [6, 6.07) is 0. The van der Waals surface area contributed by atoms with Crippen molar-refractivity contribution in [3.05, 3.63) is 48.6 Å². The lowest BCUT2D eigenvalue weighted by Gasteiger charge is -2.36. The highest BCUT2D eigenvalue weighted by Gasteiger charge is 2.30. The second-order valence-corrected chi connectivity index (χ2v) is 5.03. The van der Waals surface area contributed by atoms with Gasteiger partial charge in [0.2, 0.25) is 0 Å². The van der Waals surface area contributed by atoms with Crippen molar-refractivity contribution >= 4 is 0 Å². The SMILES string of the molecule is C=C/C(C)=C/CC1C(=C)CC=CC1(C)C. The molecule has 0 heterocycles. The second kappa shape index (κ2) is 4.65. The molecule has 0 heteroatoms. The van der Waals surface area contributed by atoms with Crippen molar-refractivity contribution in [3.63, 3.8) is 0 Å². The Hall–Kier alpha value is -1.04. The van der Waals surface area contributed by atoms with Crippen LogP contribution >= 0.6 is 0 Å². The van der Waals surface area contributed by atoms with Crippen LogP contribution in [0.5, 0.6) is 0 Å². The standard InChI is InChI=1S/C15H22/c1-6-12(2)9-10-14-13(3)8-7-11-15(14,4)5/h6-7,9,11,14H,1,3,8,10H2,2,4-5H3/b12-9+. The van der Waals surface area contributed by atoms with Crippen LogP contribution in [0.3, 0.4) is 0 Å². The number of hydrogen-bond acceptors (Lipinski definition) is 0. The van der Waals surface area contributed by atoms with Gasteiger partial charge in [-0.1, -0.05) is 62.5 Å². The topological polar surface area (TPSA) is 0 Å². The van der Waals surface area contributed by atoms with Crippen LogP contribution in [0.4, 0.5) is 0 Å². The molecule has 1 rings (SSSR count). The van der Waals surface area contributed by atoms with Crippen molar-refractivity contribution in [2.75, 3.05) is 0 Å².